The Hall–Kier alpha value is -1.51. The maximum atomic E-state index is 12.5. The van der Waals surface area contributed by atoms with Gasteiger partial charge in [0, 0.05) is 18.7 Å². The van der Waals surface area contributed by atoms with Crippen molar-refractivity contribution in [2.24, 2.45) is 11.8 Å². The Kier molecular flexibility index (Phi) is 4.69. The molecule has 1 saturated carbocycles. The summed E-state index contributed by atoms with van der Waals surface area (Å²) in [6, 6.07) is 7.83. The van der Waals surface area contributed by atoms with Crippen LogP contribution in [0.25, 0.3) is 0 Å². The molecule has 1 aliphatic rings. The summed E-state index contributed by atoms with van der Waals surface area (Å²) in [7, 11) is 1.90. The maximum absolute atomic E-state index is 12.5. The molecule has 0 saturated heterocycles. The second-order valence-electron chi connectivity index (χ2n) is 6.23. The first-order chi connectivity index (χ1) is 9.49. The van der Waals surface area contributed by atoms with E-state index < -0.39 is 0 Å². The van der Waals surface area contributed by atoms with Crippen LogP contribution in [0.1, 0.15) is 44.0 Å². The molecule has 0 heterocycles. The van der Waals surface area contributed by atoms with Crippen LogP contribution in [0.2, 0.25) is 0 Å². The van der Waals surface area contributed by atoms with Crippen molar-refractivity contribution in [3.05, 3.63) is 29.8 Å². The van der Waals surface area contributed by atoms with Gasteiger partial charge in [-0.05, 0) is 49.8 Å². The first-order valence-electron chi connectivity index (χ1n) is 7.49. The summed E-state index contributed by atoms with van der Waals surface area (Å²) in [6.07, 6.45) is 2.49. The van der Waals surface area contributed by atoms with Gasteiger partial charge in [0.1, 0.15) is 5.75 Å². The predicted octanol–water partition coefficient (Wildman–Crippen LogP) is 3.59. The molecule has 20 heavy (non-hydrogen) atoms. The third kappa shape index (κ3) is 3.75. The topological polar surface area (TPSA) is 29.5 Å². The number of hydrogen-bond donors (Lipinski definition) is 0. The third-order valence-electron chi connectivity index (χ3n) is 3.90. The van der Waals surface area contributed by atoms with Crippen LogP contribution in [0, 0.1) is 11.8 Å². The fourth-order valence-electron chi connectivity index (χ4n) is 2.27. The molecule has 1 aromatic rings. The maximum Gasteiger partial charge on any atom is 0.253 e. The van der Waals surface area contributed by atoms with Crippen LogP contribution < -0.4 is 4.74 Å². The quantitative estimate of drug-likeness (QED) is 0.794. The van der Waals surface area contributed by atoms with Gasteiger partial charge < -0.3 is 9.64 Å². The molecule has 0 bridgehead atoms. The summed E-state index contributed by atoms with van der Waals surface area (Å²) >= 11 is 0. The van der Waals surface area contributed by atoms with Crippen LogP contribution in [-0.4, -0.2) is 30.5 Å². The van der Waals surface area contributed by atoms with Crippen LogP contribution in [0.5, 0.6) is 5.75 Å². The van der Waals surface area contributed by atoms with Crippen molar-refractivity contribution in [2.75, 3.05) is 13.7 Å². The number of carbonyl (C=O) groups is 1. The van der Waals surface area contributed by atoms with Crippen molar-refractivity contribution in [1.82, 2.24) is 4.90 Å². The van der Waals surface area contributed by atoms with Gasteiger partial charge in [0.25, 0.3) is 5.91 Å². The van der Waals surface area contributed by atoms with Gasteiger partial charge in [0.2, 0.25) is 0 Å². The number of nitrogens with zero attached hydrogens (tertiary/aromatic N) is 1. The van der Waals surface area contributed by atoms with Crippen molar-refractivity contribution in [3.63, 3.8) is 0 Å². The molecular formula is C17H25NO2. The highest BCUT2D eigenvalue weighted by Gasteiger charge is 2.32. The second kappa shape index (κ2) is 6.29. The molecule has 0 aromatic heterocycles. The zero-order valence-corrected chi connectivity index (χ0v) is 12.9. The van der Waals surface area contributed by atoms with E-state index in [-0.39, 0.29) is 5.91 Å². The monoisotopic (exact) mass is 275 g/mol. The van der Waals surface area contributed by atoms with Gasteiger partial charge in [-0.25, -0.2) is 0 Å². The van der Waals surface area contributed by atoms with E-state index in [2.05, 4.69) is 20.8 Å². The lowest BCUT2D eigenvalue weighted by molar-refractivity contribution is 0.0727. The lowest BCUT2D eigenvalue weighted by atomic mass is 10.1. The first-order valence-corrected chi connectivity index (χ1v) is 7.49. The van der Waals surface area contributed by atoms with Crippen LogP contribution in [0.4, 0.5) is 0 Å². The van der Waals surface area contributed by atoms with Gasteiger partial charge in [-0.2, -0.15) is 0 Å². The zero-order chi connectivity index (χ0) is 14.7. The lowest BCUT2D eigenvalue weighted by Gasteiger charge is -2.25. The van der Waals surface area contributed by atoms with Crippen LogP contribution in [0.3, 0.4) is 0 Å². The molecule has 2 rings (SSSR count). The highest BCUT2D eigenvalue weighted by molar-refractivity contribution is 5.94. The van der Waals surface area contributed by atoms with E-state index in [0.29, 0.717) is 30.0 Å². The van der Waals surface area contributed by atoms with E-state index in [1.807, 2.05) is 36.2 Å². The summed E-state index contributed by atoms with van der Waals surface area (Å²) in [5.74, 6) is 2.02. The molecule has 3 heteroatoms. The van der Waals surface area contributed by atoms with Gasteiger partial charge in [-0.15, -0.1) is 0 Å². The zero-order valence-electron chi connectivity index (χ0n) is 12.9. The van der Waals surface area contributed by atoms with E-state index in [0.717, 1.165) is 5.75 Å². The van der Waals surface area contributed by atoms with Gasteiger partial charge in [0.15, 0.2) is 0 Å². The van der Waals surface area contributed by atoms with Crippen LogP contribution in [-0.2, 0) is 0 Å². The number of rotatable bonds is 6. The predicted molar refractivity (Wildman–Crippen MR) is 81.1 cm³/mol. The van der Waals surface area contributed by atoms with E-state index in [4.69, 9.17) is 4.74 Å². The average Bonchev–Trinajstić information content (AvgIpc) is 3.27. The Bertz CT molecular complexity index is 466. The van der Waals surface area contributed by atoms with E-state index in [9.17, 15) is 4.79 Å². The normalized spacial score (nSPS) is 16.1. The number of carbonyl (C=O) groups excluding carboxylic acids is 1. The van der Waals surface area contributed by atoms with Crippen LogP contribution >= 0.6 is 0 Å². The Morgan fingerprint density at radius 3 is 2.65 bits per heavy atom. The molecule has 0 spiro atoms. The third-order valence-corrected chi connectivity index (χ3v) is 3.90. The minimum absolute atomic E-state index is 0.0828. The van der Waals surface area contributed by atoms with Crippen molar-refractivity contribution in [3.8, 4) is 5.75 Å². The average molecular weight is 275 g/mol. The van der Waals surface area contributed by atoms with Gasteiger partial charge in [-0.1, -0.05) is 19.9 Å². The number of ether oxygens (including phenoxy) is 1. The smallest absolute Gasteiger partial charge is 0.253 e. The number of hydrogen-bond acceptors (Lipinski definition) is 2. The highest BCUT2D eigenvalue weighted by Crippen LogP contribution is 2.35. The Morgan fingerprint density at radius 1 is 1.35 bits per heavy atom. The molecule has 3 nitrogen and oxygen atoms in total. The lowest BCUT2D eigenvalue weighted by Crippen LogP contribution is -2.36. The number of benzene rings is 1. The molecule has 110 valence electrons. The summed E-state index contributed by atoms with van der Waals surface area (Å²) < 4.78 is 5.69. The standard InChI is InChI=1S/C17H25NO2/c1-12(2)11-20-16-7-5-6-15(10-16)17(19)18(4)13(3)14-8-9-14/h5-7,10,12-14H,8-9,11H2,1-4H3. The van der Waals surface area contributed by atoms with Gasteiger partial charge >= 0.3 is 0 Å². The Morgan fingerprint density at radius 2 is 2.05 bits per heavy atom. The van der Waals surface area contributed by atoms with Gasteiger partial charge in [0.05, 0.1) is 6.61 Å². The van der Waals surface area contributed by atoms with Crippen molar-refractivity contribution < 1.29 is 9.53 Å². The fraction of sp³-hybridized carbons (Fsp3) is 0.588. The highest BCUT2D eigenvalue weighted by atomic mass is 16.5. The minimum Gasteiger partial charge on any atom is -0.493 e. The van der Waals surface area contributed by atoms with Crippen molar-refractivity contribution in [1.29, 1.82) is 0 Å². The van der Waals surface area contributed by atoms with E-state index >= 15 is 0 Å². The van der Waals surface area contributed by atoms with Gasteiger partial charge in [-0.3, -0.25) is 4.79 Å². The second-order valence-corrected chi connectivity index (χ2v) is 6.23. The van der Waals surface area contributed by atoms with Crippen molar-refractivity contribution in [2.45, 2.75) is 39.7 Å². The Balaban J connectivity index is 2.03. The van der Waals surface area contributed by atoms with Crippen molar-refractivity contribution >= 4 is 5.91 Å². The SMILES string of the molecule is CC(C)COc1cccc(C(=O)N(C)C(C)C2CC2)c1. The molecule has 0 radical (unpaired) electrons. The molecular weight excluding hydrogens is 250 g/mol. The summed E-state index contributed by atoms with van der Waals surface area (Å²) in [6.45, 7) is 7.03. The molecule has 1 atom stereocenters. The van der Waals surface area contributed by atoms with E-state index in [1.54, 1.807) is 0 Å². The molecule has 1 unspecified atom stereocenters. The molecule has 1 fully saturated rings. The van der Waals surface area contributed by atoms with E-state index in [1.165, 1.54) is 12.8 Å². The largest absolute Gasteiger partial charge is 0.493 e. The molecule has 1 amide bonds. The summed E-state index contributed by atoms with van der Waals surface area (Å²) in [4.78, 5) is 14.3. The summed E-state index contributed by atoms with van der Waals surface area (Å²) in [5, 5.41) is 0. The number of amides is 1. The van der Waals surface area contributed by atoms with Crippen LogP contribution in [0.15, 0.2) is 24.3 Å². The summed E-state index contributed by atoms with van der Waals surface area (Å²) in [5.41, 5.74) is 0.709. The first kappa shape index (κ1) is 14.9. The Labute approximate surface area is 121 Å². The fourth-order valence-corrected chi connectivity index (χ4v) is 2.27. The minimum atomic E-state index is 0.0828. The molecule has 1 aromatic carbocycles. The molecule has 0 aliphatic heterocycles. The molecule has 0 N–H and O–H groups in total. The molecule has 1 aliphatic carbocycles.